The molecule has 19 heavy (non-hydrogen) atoms. The monoisotopic (exact) mass is 267 g/mol. The van der Waals surface area contributed by atoms with E-state index in [1.165, 1.54) is 44.9 Å². The lowest BCUT2D eigenvalue weighted by Gasteiger charge is -2.39. The van der Waals surface area contributed by atoms with E-state index in [-0.39, 0.29) is 11.0 Å². The third-order valence-electron chi connectivity index (χ3n) is 5.76. The van der Waals surface area contributed by atoms with Gasteiger partial charge in [-0.2, -0.15) is 0 Å². The fourth-order valence-corrected chi connectivity index (χ4v) is 4.47. The molecule has 2 aliphatic heterocycles. The lowest BCUT2D eigenvalue weighted by Crippen LogP contribution is -2.42. The summed E-state index contributed by atoms with van der Waals surface area (Å²) in [6, 6.07) is 0. The quantitative estimate of drug-likeness (QED) is 0.826. The van der Waals surface area contributed by atoms with Gasteiger partial charge in [-0.3, -0.25) is 0 Å². The van der Waals surface area contributed by atoms with Crippen LogP contribution in [0.4, 0.5) is 0 Å². The number of nitrogens with one attached hydrogen (secondary N) is 1. The Kier molecular flexibility index (Phi) is 4.16. The largest absolute Gasteiger partial charge is 0.396 e. The maximum Gasteiger partial charge on any atom is 0.0687 e. The Morgan fingerprint density at radius 2 is 1.74 bits per heavy atom. The summed E-state index contributed by atoms with van der Waals surface area (Å²) in [6.45, 7) is 2.44. The Balaban J connectivity index is 1.58. The van der Waals surface area contributed by atoms with Crippen molar-refractivity contribution in [2.75, 3.05) is 19.7 Å². The van der Waals surface area contributed by atoms with Crippen LogP contribution in [0.25, 0.3) is 0 Å². The molecule has 0 radical (unpaired) electrons. The smallest absolute Gasteiger partial charge is 0.0687 e. The predicted octanol–water partition coefficient (Wildman–Crippen LogP) is 2.62. The van der Waals surface area contributed by atoms with Crippen LogP contribution in [0, 0.1) is 5.41 Å². The molecule has 0 aromatic rings. The van der Waals surface area contributed by atoms with E-state index in [0.717, 1.165) is 32.4 Å². The van der Waals surface area contributed by atoms with Crippen LogP contribution >= 0.6 is 0 Å². The van der Waals surface area contributed by atoms with E-state index in [9.17, 15) is 5.11 Å². The zero-order valence-electron chi connectivity index (χ0n) is 12.1. The van der Waals surface area contributed by atoms with Crippen molar-refractivity contribution in [1.29, 1.82) is 0 Å². The second kappa shape index (κ2) is 5.71. The van der Waals surface area contributed by atoms with Gasteiger partial charge in [-0.1, -0.05) is 19.3 Å². The zero-order chi connectivity index (χ0) is 13.2. The van der Waals surface area contributed by atoms with Crippen molar-refractivity contribution < 1.29 is 9.84 Å². The van der Waals surface area contributed by atoms with Crippen molar-refractivity contribution in [3.05, 3.63) is 0 Å². The molecule has 2 N–H and O–H groups in total. The van der Waals surface area contributed by atoms with Crippen LogP contribution in [0.1, 0.15) is 64.2 Å². The van der Waals surface area contributed by atoms with E-state index in [1.54, 1.807) is 0 Å². The van der Waals surface area contributed by atoms with Crippen molar-refractivity contribution in [2.45, 2.75) is 75.9 Å². The first-order chi connectivity index (χ1) is 9.26. The maximum absolute atomic E-state index is 9.82. The summed E-state index contributed by atoms with van der Waals surface area (Å²) >= 11 is 0. The van der Waals surface area contributed by atoms with E-state index < -0.39 is 0 Å². The van der Waals surface area contributed by atoms with E-state index in [4.69, 9.17) is 4.74 Å². The van der Waals surface area contributed by atoms with Gasteiger partial charge in [0, 0.05) is 6.61 Å². The highest BCUT2D eigenvalue weighted by Gasteiger charge is 2.44. The summed E-state index contributed by atoms with van der Waals surface area (Å²) < 4.78 is 6.49. The van der Waals surface area contributed by atoms with Crippen LogP contribution in [-0.4, -0.2) is 36.5 Å². The molecule has 1 unspecified atom stereocenters. The molecular weight excluding hydrogens is 238 g/mol. The molecule has 1 aliphatic carbocycles. The average molecular weight is 267 g/mol. The van der Waals surface area contributed by atoms with E-state index in [2.05, 4.69) is 5.32 Å². The normalized spacial score (nSPS) is 33.6. The van der Waals surface area contributed by atoms with Gasteiger partial charge in [0.05, 0.1) is 11.7 Å². The molecule has 3 rings (SSSR count). The first-order valence-electron chi connectivity index (χ1n) is 8.25. The lowest BCUT2D eigenvalue weighted by molar-refractivity contribution is -0.0847. The summed E-state index contributed by atoms with van der Waals surface area (Å²) in [5, 5.41) is 13.2. The molecule has 110 valence electrons. The van der Waals surface area contributed by atoms with Gasteiger partial charge >= 0.3 is 0 Å². The van der Waals surface area contributed by atoms with Gasteiger partial charge in [-0.25, -0.2) is 0 Å². The summed E-state index contributed by atoms with van der Waals surface area (Å²) in [4.78, 5) is 0. The van der Waals surface area contributed by atoms with Crippen LogP contribution in [-0.2, 0) is 4.74 Å². The number of hydrogen-bond acceptors (Lipinski definition) is 3. The fourth-order valence-electron chi connectivity index (χ4n) is 4.47. The van der Waals surface area contributed by atoms with E-state index >= 15 is 0 Å². The topological polar surface area (TPSA) is 41.5 Å². The molecule has 1 spiro atoms. The lowest BCUT2D eigenvalue weighted by atomic mass is 9.75. The highest BCUT2D eigenvalue weighted by Crippen LogP contribution is 2.45. The van der Waals surface area contributed by atoms with Crippen molar-refractivity contribution in [1.82, 2.24) is 5.32 Å². The van der Waals surface area contributed by atoms with Crippen LogP contribution in [0.3, 0.4) is 0 Å². The number of hydrogen-bond donors (Lipinski definition) is 2. The molecular formula is C16H29NO2. The molecule has 3 nitrogen and oxygen atoms in total. The first kappa shape index (κ1) is 13.8. The number of ether oxygens (including phenoxy) is 1. The second-order valence-corrected chi connectivity index (χ2v) is 7.13. The molecule has 0 aromatic heterocycles. The highest BCUT2D eigenvalue weighted by molar-refractivity contribution is 4.94. The van der Waals surface area contributed by atoms with E-state index in [1.807, 2.05) is 0 Å². The molecule has 0 bridgehead atoms. The Hall–Kier alpha value is -0.120. The molecule has 3 fully saturated rings. The third-order valence-corrected chi connectivity index (χ3v) is 5.76. The minimum atomic E-state index is 0.135. The third kappa shape index (κ3) is 2.98. The predicted molar refractivity (Wildman–Crippen MR) is 76.2 cm³/mol. The van der Waals surface area contributed by atoms with Crippen molar-refractivity contribution in [3.8, 4) is 0 Å². The molecule has 3 heteroatoms. The van der Waals surface area contributed by atoms with Crippen molar-refractivity contribution in [2.24, 2.45) is 5.41 Å². The number of aliphatic hydroxyl groups excluding tert-OH is 1. The van der Waals surface area contributed by atoms with Gasteiger partial charge in [-0.15, -0.1) is 0 Å². The van der Waals surface area contributed by atoms with E-state index in [0.29, 0.717) is 12.7 Å². The van der Waals surface area contributed by atoms with Crippen LogP contribution in [0.5, 0.6) is 0 Å². The average Bonchev–Trinajstić information content (AvgIpc) is 2.83. The van der Waals surface area contributed by atoms with Gasteiger partial charge in [-0.05, 0) is 63.5 Å². The zero-order valence-corrected chi connectivity index (χ0v) is 12.1. The standard InChI is InChI=1S/C16H29NO2/c18-13-15(8-10-17-11-9-15)12-14-4-7-16(19-14)5-2-1-3-6-16/h14,17-18H,1-13H2. The van der Waals surface area contributed by atoms with Gasteiger partial charge < -0.3 is 15.2 Å². The summed E-state index contributed by atoms with van der Waals surface area (Å²) in [5.74, 6) is 0. The number of piperidine rings is 1. The Morgan fingerprint density at radius 1 is 1.00 bits per heavy atom. The summed E-state index contributed by atoms with van der Waals surface area (Å²) in [7, 11) is 0. The summed E-state index contributed by atoms with van der Waals surface area (Å²) in [6.07, 6.45) is 12.8. The number of rotatable bonds is 3. The molecule has 1 atom stereocenters. The maximum atomic E-state index is 9.82. The van der Waals surface area contributed by atoms with Gasteiger partial charge in [0.2, 0.25) is 0 Å². The van der Waals surface area contributed by atoms with Crippen LogP contribution in [0.15, 0.2) is 0 Å². The van der Waals surface area contributed by atoms with Gasteiger partial charge in [0.25, 0.3) is 0 Å². The first-order valence-corrected chi connectivity index (χ1v) is 8.25. The molecule has 2 saturated heterocycles. The molecule has 0 amide bonds. The molecule has 1 saturated carbocycles. The fraction of sp³-hybridized carbons (Fsp3) is 1.00. The van der Waals surface area contributed by atoms with Gasteiger partial charge in [0.15, 0.2) is 0 Å². The SMILES string of the molecule is OCC1(CC2CCC3(CCCCC3)O2)CCNCC1. The minimum Gasteiger partial charge on any atom is -0.396 e. The molecule has 3 aliphatic rings. The minimum absolute atomic E-state index is 0.135. The van der Waals surface area contributed by atoms with Crippen molar-refractivity contribution in [3.63, 3.8) is 0 Å². The Labute approximate surface area is 117 Å². The Bertz CT molecular complexity index is 293. The Morgan fingerprint density at radius 3 is 2.42 bits per heavy atom. The summed E-state index contributed by atoms with van der Waals surface area (Å²) in [5.41, 5.74) is 0.364. The van der Waals surface area contributed by atoms with Crippen LogP contribution < -0.4 is 5.32 Å². The highest BCUT2D eigenvalue weighted by atomic mass is 16.5. The number of aliphatic hydroxyl groups is 1. The van der Waals surface area contributed by atoms with Gasteiger partial charge in [0.1, 0.15) is 0 Å². The molecule has 2 heterocycles. The second-order valence-electron chi connectivity index (χ2n) is 7.13. The van der Waals surface area contributed by atoms with Crippen molar-refractivity contribution >= 4 is 0 Å². The van der Waals surface area contributed by atoms with Crippen LogP contribution in [0.2, 0.25) is 0 Å². The molecule has 0 aromatic carbocycles.